The van der Waals surface area contributed by atoms with Gasteiger partial charge in [-0.05, 0) is 41.3 Å². The molecule has 0 saturated heterocycles. The summed E-state index contributed by atoms with van der Waals surface area (Å²) in [5, 5.41) is 2.92. The molecule has 2 aromatic carbocycles. The number of benzene rings is 2. The molecule has 116 valence electrons. The van der Waals surface area contributed by atoms with Gasteiger partial charge >= 0.3 is 0 Å². The van der Waals surface area contributed by atoms with Crippen LogP contribution in [0.5, 0.6) is 0 Å². The second-order valence-corrected chi connectivity index (χ2v) is 7.09. The van der Waals surface area contributed by atoms with Gasteiger partial charge in [-0.1, -0.05) is 38.1 Å². The van der Waals surface area contributed by atoms with Crippen LogP contribution >= 0.6 is 0 Å². The molecule has 0 aliphatic heterocycles. The van der Waals surface area contributed by atoms with Crippen molar-refractivity contribution >= 4 is 22.4 Å². The van der Waals surface area contributed by atoms with Gasteiger partial charge in [0.25, 0.3) is 5.91 Å². The topological polar surface area (TPSA) is 46.2 Å². The molecule has 2 aromatic rings. The molecule has 0 spiro atoms. The first kappa shape index (κ1) is 16.4. The molecular weight excluding hydrogens is 294 g/mol. The summed E-state index contributed by atoms with van der Waals surface area (Å²) in [6.07, 6.45) is 1.66. The molecule has 0 heterocycles. The smallest absolute Gasteiger partial charge is 0.255 e. The maximum Gasteiger partial charge on any atom is 0.255 e. The van der Waals surface area contributed by atoms with Crippen LogP contribution in [0.4, 0.5) is 5.69 Å². The quantitative estimate of drug-likeness (QED) is 0.908. The van der Waals surface area contributed by atoms with E-state index in [1.54, 1.807) is 18.4 Å². The van der Waals surface area contributed by atoms with Crippen molar-refractivity contribution in [2.75, 3.05) is 11.6 Å². The van der Waals surface area contributed by atoms with Gasteiger partial charge in [0, 0.05) is 34.1 Å². The zero-order valence-corrected chi connectivity index (χ0v) is 13.9. The first-order valence-corrected chi connectivity index (χ1v) is 8.98. The molecule has 0 saturated carbocycles. The van der Waals surface area contributed by atoms with Gasteiger partial charge in [-0.15, -0.1) is 0 Å². The van der Waals surface area contributed by atoms with Gasteiger partial charge in [0.05, 0.1) is 0 Å². The lowest BCUT2D eigenvalue weighted by molar-refractivity contribution is 0.102. The minimum absolute atomic E-state index is 0.148. The van der Waals surface area contributed by atoms with E-state index in [-0.39, 0.29) is 5.91 Å². The van der Waals surface area contributed by atoms with Gasteiger partial charge < -0.3 is 5.32 Å². The Morgan fingerprint density at radius 3 is 2.55 bits per heavy atom. The van der Waals surface area contributed by atoms with Gasteiger partial charge in [-0.25, -0.2) is 0 Å². The summed E-state index contributed by atoms with van der Waals surface area (Å²) >= 11 is 0. The molecule has 1 atom stereocenters. The van der Waals surface area contributed by atoms with E-state index in [9.17, 15) is 9.00 Å². The van der Waals surface area contributed by atoms with E-state index in [0.717, 1.165) is 11.3 Å². The molecule has 0 radical (unpaired) electrons. The summed E-state index contributed by atoms with van der Waals surface area (Å²) in [6.45, 7) is 4.24. The minimum atomic E-state index is -0.916. The van der Waals surface area contributed by atoms with Crippen LogP contribution in [0.1, 0.15) is 41.3 Å². The second-order valence-electron chi connectivity index (χ2n) is 5.65. The van der Waals surface area contributed by atoms with E-state index in [2.05, 4.69) is 25.2 Å². The summed E-state index contributed by atoms with van der Waals surface area (Å²) in [6, 6.07) is 15.1. The number of rotatable bonds is 5. The van der Waals surface area contributed by atoms with E-state index >= 15 is 0 Å². The van der Waals surface area contributed by atoms with E-state index in [1.165, 1.54) is 5.56 Å². The summed E-state index contributed by atoms with van der Waals surface area (Å²) in [4.78, 5) is 12.3. The Kier molecular flexibility index (Phi) is 5.50. The molecule has 0 aliphatic carbocycles. The van der Waals surface area contributed by atoms with E-state index in [4.69, 9.17) is 0 Å². The van der Waals surface area contributed by atoms with Crippen molar-refractivity contribution in [1.82, 2.24) is 0 Å². The first-order valence-electron chi connectivity index (χ1n) is 7.26. The predicted octanol–water partition coefficient (Wildman–Crippen LogP) is 3.94. The Hall–Kier alpha value is -1.94. The van der Waals surface area contributed by atoms with Crippen molar-refractivity contribution in [2.24, 2.45) is 0 Å². The molecule has 2 rings (SSSR count). The summed E-state index contributed by atoms with van der Waals surface area (Å²) in [5.74, 6) is 0.730. The van der Waals surface area contributed by atoms with Crippen LogP contribution in [0.15, 0.2) is 48.5 Å². The van der Waals surface area contributed by atoms with Gasteiger partial charge in [0.1, 0.15) is 0 Å². The molecule has 0 aliphatic rings. The molecule has 22 heavy (non-hydrogen) atoms. The van der Waals surface area contributed by atoms with Crippen LogP contribution < -0.4 is 5.32 Å². The number of hydrogen-bond donors (Lipinski definition) is 1. The van der Waals surface area contributed by atoms with E-state index in [1.807, 2.05) is 30.3 Å². The molecule has 3 nitrogen and oxygen atoms in total. The average molecular weight is 315 g/mol. The molecule has 1 N–H and O–H groups in total. The Labute approximate surface area is 134 Å². The molecule has 0 bridgehead atoms. The van der Waals surface area contributed by atoms with Crippen LogP contribution in [0.3, 0.4) is 0 Å². The van der Waals surface area contributed by atoms with Crippen molar-refractivity contribution in [2.45, 2.75) is 25.5 Å². The Morgan fingerprint density at radius 1 is 1.14 bits per heavy atom. The van der Waals surface area contributed by atoms with E-state index < -0.39 is 10.8 Å². The predicted molar refractivity (Wildman–Crippen MR) is 92.7 cm³/mol. The third-order valence-corrected chi connectivity index (χ3v) is 4.11. The Balaban J connectivity index is 2.15. The van der Waals surface area contributed by atoms with Gasteiger partial charge in [0.2, 0.25) is 0 Å². The third-order valence-electron chi connectivity index (χ3n) is 3.37. The van der Waals surface area contributed by atoms with Crippen molar-refractivity contribution in [3.05, 3.63) is 65.2 Å². The van der Waals surface area contributed by atoms with E-state index in [0.29, 0.717) is 17.2 Å². The maximum absolute atomic E-state index is 12.3. The van der Waals surface area contributed by atoms with Crippen molar-refractivity contribution in [3.8, 4) is 0 Å². The maximum atomic E-state index is 12.3. The van der Waals surface area contributed by atoms with Crippen LogP contribution in [0.25, 0.3) is 0 Å². The lowest BCUT2D eigenvalue weighted by atomic mass is 10.0. The Morgan fingerprint density at radius 2 is 1.86 bits per heavy atom. The standard InChI is InChI=1S/C18H21NO2S/c1-13(2)15-7-5-9-17(11-15)19-18(20)16-8-4-6-14(10-16)12-22(3)21/h4-11,13H,12H2,1-3H3,(H,19,20)/t22-/m1/s1. The zero-order valence-electron chi connectivity index (χ0n) is 13.1. The molecule has 0 fully saturated rings. The lowest BCUT2D eigenvalue weighted by Gasteiger charge is -2.10. The second kappa shape index (κ2) is 7.36. The van der Waals surface area contributed by atoms with Gasteiger partial charge in [-0.2, -0.15) is 0 Å². The van der Waals surface area contributed by atoms with Crippen molar-refractivity contribution < 1.29 is 9.00 Å². The molecule has 0 unspecified atom stereocenters. The summed E-state index contributed by atoms with van der Waals surface area (Å²) in [5.41, 5.74) is 3.47. The molecule has 1 amide bonds. The van der Waals surface area contributed by atoms with Gasteiger partial charge in [-0.3, -0.25) is 9.00 Å². The number of carbonyl (C=O) groups excluding carboxylic acids is 1. The van der Waals surface area contributed by atoms with Gasteiger partial charge in [0.15, 0.2) is 0 Å². The zero-order chi connectivity index (χ0) is 16.1. The van der Waals surface area contributed by atoms with Crippen LogP contribution in [0, 0.1) is 0 Å². The monoisotopic (exact) mass is 315 g/mol. The third kappa shape index (κ3) is 4.53. The van der Waals surface area contributed by atoms with Crippen molar-refractivity contribution in [1.29, 1.82) is 0 Å². The van der Waals surface area contributed by atoms with Crippen LogP contribution in [0.2, 0.25) is 0 Å². The number of nitrogens with one attached hydrogen (secondary N) is 1. The highest BCUT2D eigenvalue weighted by molar-refractivity contribution is 7.83. The highest BCUT2D eigenvalue weighted by Gasteiger charge is 2.08. The molecular formula is C18H21NO2S. The number of anilines is 1. The highest BCUT2D eigenvalue weighted by atomic mass is 32.2. The normalized spacial score (nSPS) is 12.2. The van der Waals surface area contributed by atoms with Crippen molar-refractivity contribution in [3.63, 3.8) is 0 Å². The summed E-state index contributed by atoms with van der Waals surface area (Å²) in [7, 11) is -0.916. The molecule has 0 aromatic heterocycles. The lowest BCUT2D eigenvalue weighted by Crippen LogP contribution is -2.12. The largest absolute Gasteiger partial charge is 0.322 e. The Bertz CT molecular complexity index is 695. The SMILES string of the molecule is CC(C)c1cccc(NC(=O)c2cccc(C[S@@](C)=O)c2)c1. The first-order chi connectivity index (χ1) is 10.5. The highest BCUT2D eigenvalue weighted by Crippen LogP contribution is 2.19. The van der Waals surface area contributed by atoms with Crippen LogP contribution in [-0.2, 0) is 16.6 Å². The minimum Gasteiger partial charge on any atom is -0.322 e. The fourth-order valence-corrected chi connectivity index (χ4v) is 2.86. The fourth-order valence-electron chi connectivity index (χ4n) is 2.22. The number of hydrogen-bond acceptors (Lipinski definition) is 2. The molecule has 4 heteroatoms. The number of amides is 1. The summed E-state index contributed by atoms with van der Waals surface area (Å²) < 4.78 is 11.3. The number of carbonyl (C=O) groups is 1. The fraction of sp³-hybridized carbons (Fsp3) is 0.278. The average Bonchev–Trinajstić information content (AvgIpc) is 2.47. The van der Waals surface area contributed by atoms with Crippen LogP contribution in [-0.4, -0.2) is 16.4 Å².